The zero-order valence-corrected chi connectivity index (χ0v) is 22.6. The lowest BCUT2D eigenvalue weighted by atomic mass is 10.1. The Morgan fingerprint density at radius 3 is 2.66 bits per heavy atom. The Bertz CT molecular complexity index is 1600. The molecule has 3 atom stereocenters. The quantitative estimate of drug-likeness (QED) is 0.361. The van der Waals surface area contributed by atoms with Crippen LogP contribution in [0.5, 0.6) is 0 Å². The van der Waals surface area contributed by atoms with Crippen LogP contribution >= 0.6 is 0 Å². The van der Waals surface area contributed by atoms with Gasteiger partial charge in [0.15, 0.2) is 0 Å². The van der Waals surface area contributed by atoms with Gasteiger partial charge in [0, 0.05) is 66.6 Å². The predicted octanol–water partition coefficient (Wildman–Crippen LogP) is 2.81. The van der Waals surface area contributed by atoms with Crippen LogP contribution in [0, 0.1) is 5.92 Å². The average Bonchev–Trinajstić information content (AvgIpc) is 3.81. The number of nitrogens with zero attached hydrogens (tertiary/aromatic N) is 7. The van der Waals surface area contributed by atoms with Crippen molar-refractivity contribution < 1.29 is 9.59 Å². The smallest absolute Gasteiger partial charge is 0.237 e. The summed E-state index contributed by atoms with van der Waals surface area (Å²) in [6.45, 7) is 6.83. The summed E-state index contributed by atoms with van der Waals surface area (Å²) >= 11 is 0. The lowest BCUT2D eigenvalue weighted by Gasteiger charge is -2.35. The number of amides is 2. The van der Waals surface area contributed by atoms with Gasteiger partial charge in [0.25, 0.3) is 0 Å². The van der Waals surface area contributed by atoms with Crippen molar-refractivity contribution in [2.45, 2.75) is 24.9 Å². The zero-order valence-electron chi connectivity index (χ0n) is 22.6. The van der Waals surface area contributed by atoms with Gasteiger partial charge in [0.2, 0.25) is 17.8 Å². The van der Waals surface area contributed by atoms with Gasteiger partial charge < -0.3 is 15.1 Å². The van der Waals surface area contributed by atoms with E-state index in [4.69, 9.17) is 0 Å². The molecule has 0 aliphatic carbocycles. The maximum Gasteiger partial charge on any atom is 0.237 e. The highest BCUT2D eigenvalue weighted by Crippen LogP contribution is 2.33. The number of rotatable bonds is 7. The second kappa shape index (κ2) is 10.4. The molecule has 2 N–H and O–H groups in total. The van der Waals surface area contributed by atoms with Crippen LogP contribution < -0.4 is 10.2 Å². The third-order valence-electron chi connectivity index (χ3n) is 8.50. The van der Waals surface area contributed by atoms with E-state index in [9.17, 15) is 9.59 Å². The Kier molecular flexibility index (Phi) is 6.43. The van der Waals surface area contributed by atoms with Gasteiger partial charge in [0.1, 0.15) is 5.69 Å². The van der Waals surface area contributed by atoms with Gasteiger partial charge in [-0.3, -0.25) is 24.6 Å². The molecule has 208 valence electrons. The van der Waals surface area contributed by atoms with Gasteiger partial charge in [-0.1, -0.05) is 12.7 Å². The Morgan fingerprint density at radius 2 is 1.90 bits per heavy atom. The molecular formula is C30H31N9O2. The molecular weight excluding hydrogens is 518 g/mol. The van der Waals surface area contributed by atoms with Crippen LogP contribution in [-0.4, -0.2) is 91.6 Å². The first-order chi connectivity index (χ1) is 20.1. The van der Waals surface area contributed by atoms with Crippen LogP contribution in [0.15, 0.2) is 61.7 Å². The molecule has 0 radical (unpaired) electrons. The second-order valence-electron chi connectivity index (χ2n) is 11.0. The Labute approximate surface area is 237 Å². The maximum absolute atomic E-state index is 13.2. The molecule has 1 aromatic carbocycles. The zero-order chi connectivity index (χ0) is 27.9. The third-order valence-corrected chi connectivity index (χ3v) is 8.50. The summed E-state index contributed by atoms with van der Waals surface area (Å²) in [5, 5.41) is 11.5. The SMILES string of the molecule is C=Cc1cnc(N2C[C@H]3C[C@@H]2CN3C(=O)CN2CC[C@@H](C(=O)Nc3ccc4[nH]nc(-c5ccncc5)c4c3)C2)nc1. The summed E-state index contributed by atoms with van der Waals surface area (Å²) < 4.78 is 0. The number of pyridine rings is 1. The molecule has 3 saturated heterocycles. The van der Waals surface area contributed by atoms with E-state index in [0.717, 1.165) is 59.3 Å². The fourth-order valence-corrected chi connectivity index (χ4v) is 6.34. The molecule has 3 aliphatic heterocycles. The highest BCUT2D eigenvalue weighted by Gasteiger charge is 2.46. The lowest BCUT2D eigenvalue weighted by molar-refractivity contribution is -0.133. The van der Waals surface area contributed by atoms with E-state index >= 15 is 0 Å². The van der Waals surface area contributed by atoms with Crippen LogP contribution in [0.1, 0.15) is 18.4 Å². The molecule has 4 aromatic rings. The number of H-pyrrole nitrogens is 1. The van der Waals surface area contributed by atoms with E-state index in [1.807, 2.05) is 35.2 Å². The molecule has 41 heavy (non-hydrogen) atoms. The highest BCUT2D eigenvalue weighted by molar-refractivity contribution is 5.99. The highest BCUT2D eigenvalue weighted by atomic mass is 16.2. The average molecular weight is 550 g/mol. The number of likely N-dealkylation sites (tertiary alicyclic amines) is 2. The molecule has 3 aromatic heterocycles. The lowest BCUT2D eigenvalue weighted by Crippen LogP contribution is -2.51. The van der Waals surface area contributed by atoms with Gasteiger partial charge in [-0.25, -0.2) is 9.97 Å². The summed E-state index contributed by atoms with van der Waals surface area (Å²) in [5.74, 6) is 0.662. The van der Waals surface area contributed by atoms with E-state index < -0.39 is 0 Å². The van der Waals surface area contributed by atoms with Crippen molar-refractivity contribution in [3.8, 4) is 11.3 Å². The first kappa shape index (κ1) is 25.3. The van der Waals surface area contributed by atoms with Crippen molar-refractivity contribution in [2.75, 3.05) is 42.9 Å². The van der Waals surface area contributed by atoms with Gasteiger partial charge >= 0.3 is 0 Å². The monoisotopic (exact) mass is 549 g/mol. The summed E-state index contributed by atoms with van der Waals surface area (Å²) in [6.07, 6.45) is 10.4. The molecule has 6 heterocycles. The first-order valence-electron chi connectivity index (χ1n) is 14.0. The van der Waals surface area contributed by atoms with E-state index in [1.165, 1.54) is 0 Å². The minimum Gasteiger partial charge on any atom is -0.335 e. The van der Waals surface area contributed by atoms with Crippen LogP contribution in [0.2, 0.25) is 0 Å². The van der Waals surface area contributed by atoms with E-state index in [1.54, 1.807) is 30.9 Å². The minimum atomic E-state index is -0.163. The van der Waals surface area contributed by atoms with E-state index in [0.29, 0.717) is 25.6 Å². The Morgan fingerprint density at radius 1 is 1.07 bits per heavy atom. The fourth-order valence-electron chi connectivity index (χ4n) is 6.34. The summed E-state index contributed by atoms with van der Waals surface area (Å²) in [6, 6.07) is 10.00. The number of fused-ring (bicyclic) bond motifs is 3. The standard InChI is InChI=1S/C30H31N9O2/c1-2-19-13-32-30(33-14-19)39-17-23-12-24(39)16-38(23)27(40)18-37-10-7-21(15-37)29(41)34-22-3-4-26-25(11-22)28(36-35-26)20-5-8-31-9-6-20/h2-6,8-9,11,13-14,21,23-24H,1,7,10,12,15-18H2,(H,34,41)(H,35,36)/t21-,23-,24-/m1/s1. The number of hydrogen-bond donors (Lipinski definition) is 2. The van der Waals surface area contributed by atoms with Gasteiger partial charge in [-0.05, 0) is 49.7 Å². The topological polar surface area (TPSA) is 123 Å². The molecule has 0 unspecified atom stereocenters. The summed E-state index contributed by atoms with van der Waals surface area (Å²) in [5.41, 5.74) is 4.30. The number of carbonyl (C=O) groups excluding carboxylic acids is 2. The molecule has 2 bridgehead atoms. The number of aromatic nitrogens is 5. The van der Waals surface area contributed by atoms with Crippen molar-refractivity contribution in [3.05, 3.63) is 67.3 Å². The normalized spacial score (nSPS) is 22.0. The fraction of sp³-hybridized carbons (Fsp3) is 0.333. The first-order valence-corrected chi connectivity index (χ1v) is 14.0. The van der Waals surface area contributed by atoms with Gasteiger partial charge in [0.05, 0.1) is 30.1 Å². The number of anilines is 2. The largest absolute Gasteiger partial charge is 0.335 e. The summed E-state index contributed by atoms with van der Waals surface area (Å²) in [4.78, 5) is 45.8. The molecule has 3 fully saturated rings. The number of nitrogens with one attached hydrogen (secondary N) is 2. The van der Waals surface area contributed by atoms with Crippen LogP contribution in [0.3, 0.4) is 0 Å². The molecule has 0 saturated carbocycles. The molecule has 0 spiro atoms. The van der Waals surface area contributed by atoms with E-state index in [2.05, 4.69) is 46.8 Å². The van der Waals surface area contributed by atoms with Crippen molar-refractivity contribution in [3.63, 3.8) is 0 Å². The second-order valence-corrected chi connectivity index (χ2v) is 11.0. The van der Waals surface area contributed by atoms with Crippen LogP contribution in [0.25, 0.3) is 28.2 Å². The van der Waals surface area contributed by atoms with Crippen molar-refractivity contribution in [1.29, 1.82) is 0 Å². The van der Waals surface area contributed by atoms with Crippen molar-refractivity contribution in [1.82, 2.24) is 34.9 Å². The van der Waals surface area contributed by atoms with Crippen molar-refractivity contribution >= 4 is 40.4 Å². The van der Waals surface area contributed by atoms with Gasteiger partial charge in [-0.2, -0.15) is 5.10 Å². The van der Waals surface area contributed by atoms with Crippen LogP contribution in [0.4, 0.5) is 11.6 Å². The Hall–Kier alpha value is -4.64. The molecule has 3 aliphatic rings. The molecule has 11 heteroatoms. The van der Waals surface area contributed by atoms with E-state index in [-0.39, 0.29) is 29.8 Å². The number of aromatic amines is 1. The van der Waals surface area contributed by atoms with Gasteiger partial charge in [-0.15, -0.1) is 0 Å². The van der Waals surface area contributed by atoms with Crippen molar-refractivity contribution in [2.24, 2.45) is 5.92 Å². The number of hydrogen-bond acceptors (Lipinski definition) is 8. The third kappa shape index (κ3) is 4.82. The number of piperazine rings is 1. The molecule has 2 amide bonds. The Balaban J connectivity index is 0.936. The number of carbonyl (C=O) groups is 2. The summed E-state index contributed by atoms with van der Waals surface area (Å²) in [7, 11) is 0. The number of benzene rings is 1. The molecule has 11 nitrogen and oxygen atoms in total. The molecule has 7 rings (SSSR count). The predicted molar refractivity (Wildman–Crippen MR) is 156 cm³/mol. The minimum absolute atomic E-state index is 0.0217. The van der Waals surface area contributed by atoms with Crippen LogP contribution in [-0.2, 0) is 9.59 Å². The maximum atomic E-state index is 13.2.